The molecule has 0 fully saturated rings. The average molecular weight is 521 g/mol. The van der Waals surface area contributed by atoms with Crippen molar-refractivity contribution in [3.63, 3.8) is 0 Å². The standard InChI is InChI=1S/C23H16Cl3N3O3S/c1-32-20-9-5-15(11-18(20)26)27-21(30)12-33-23-28-19-10-14(25)4-8-17(19)22(31)29(23)16-6-2-13(24)3-7-16/h2-11H,12H2,1H3,(H,27,30). The van der Waals surface area contributed by atoms with E-state index in [0.29, 0.717) is 48.3 Å². The van der Waals surface area contributed by atoms with E-state index < -0.39 is 0 Å². The number of rotatable bonds is 6. The molecule has 0 spiro atoms. The third-order valence-corrected chi connectivity index (χ3v) is 6.37. The molecule has 0 saturated heterocycles. The molecular formula is C23H16Cl3N3O3S. The molecule has 1 aromatic heterocycles. The molecule has 0 radical (unpaired) electrons. The second-order valence-electron chi connectivity index (χ2n) is 6.86. The van der Waals surface area contributed by atoms with E-state index in [4.69, 9.17) is 39.5 Å². The first-order valence-corrected chi connectivity index (χ1v) is 11.7. The Morgan fingerprint density at radius 2 is 1.76 bits per heavy atom. The number of hydrogen-bond donors (Lipinski definition) is 1. The minimum Gasteiger partial charge on any atom is -0.495 e. The first-order chi connectivity index (χ1) is 15.9. The Balaban J connectivity index is 1.65. The number of carbonyl (C=O) groups excluding carboxylic acids is 1. The summed E-state index contributed by atoms with van der Waals surface area (Å²) >= 11 is 19.4. The van der Waals surface area contributed by atoms with Crippen molar-refractivity contribution < 1.29 is 9.53 Å². The van der Waals surface area contributed by atoms with Crippen LogP contribution in [0.15, 0.2) is 70.6 Å². The number of aromatic nitrogens is 2. The van der Waals surface area contributed by atoms with Crippen LogP contribution in [0.1, 0.15) is 0 Å². The summed E-state index contributed by atoms with van der Waals surface area (Å²) in [6.07, 6.45) is 0. The predicted molar refractivity (Wildman–Crippen MR) is 135 cm³/mol. The van der Waals surface area contributed by atoms with Crippen LogP contribution in [0.4, 0.5) is 5.69 Å². The minimum absolute atomic E-state index is 0.00967. The number of halogens is 3. The summed E-state index contributed by atoms with van der Waals surface area (Å²) in [5.41, 5.74) is 1.28. The predicted octanol–water partition coefficient (Wildman–Crippen LogP) is 6.09. The van der Waals surface area contributed by atoms with E-state index in [2.05, 4.69) is 10.3 Å². The summed E-state index contributed by atoms with van der Waals surface area (Å²) in [5.74, 6) is 0.231. The zero-order valence-electron chi connectivity index (χ0n) is 17.1. The van der Waals surface area contributed by atoms with Gasteiger partial charge in [0.25, 0.3) is 5.56 Å². The van der Waals surface area contributed by atoms with Gasteiger partial charge in [-0.25, -0.2) is 4.98 Å². The number of nitrogens with one attached hydrogen (secondary N) is 1. The van der Waals surface area contributed by atoms with Gasteiger partial charge in [0.15, 0.2) is 5.16 Å². The Morgan fingerprint density at radius 3 is 2.45 bits per heavy atom. The van der Waals surface area contributed by atoms with Crippen LogP contribution in [0.3, 0.4) is 0 Å². The Morgan fingerprint density at radius 1 is 1.03 bits per heavy atom. The first-order valence-electron chi connectivity index (χ1n) is 9.60. The maximum absolute atomic E-state index is 13.3. The summed E-state index contributed by atoms with van der Waals surface area (Å²) in [6.45, 7) is 0. The Labute approximate surface area is 208 Å². The van der Waals surface area contributed by atoms with Crippen molar-refractivity contribution in [1.29, 1.82) is 0 Å². The van der Waals surface area contributed by atoms with Gasteiger partial charge in [0.2, 0.25) is 5.91 Å². The molecule has 0 atom stereocenters. The quantitative estimate of drug-likeness (QED) is 0.246. The molecule has 1 amide bonds. The number of carbonyl (C=O) groups is 1. The number of thioether (sulfide) groups is 1. The number of benzene rings is 3. The summed E-state index contributed by atoms with van der Waals surface area (Å²) < 4.78 is 6.57. The SMILES string of the molecule is COc1ccc(NC(=O)CSc2nc3cc(Cl)ccc3c(=O)n2-c2ccc(Cl)cc2)cc1Cl. The van der Waals surface area contributed by atoms with Crippen molar-refractivity contribution in [3.05, 3.63) is 86.1 Å². The Hall–Kier alpha value is -2.71. The van der Waals surface area contributed by atoms with Crippen molar-refractivity contribution in [2.45, 2.75) is 5.16 Å². The summed E-state index contributed by atoms with van der Waals surface area (Å²) in [6, 6.07) is 16.6. The van der Waals surface area contributed by atoms with Crippen LogP contribution in [-0.2, 0) is 4.79 Å². The third-order valence-electron chi connectivity index (χ3n) is 4.65. The lowest BCUT2D eigenvalue weighted by Crippen LogP contribution is -2.23. The van der Waals surface area contributed by atoms with E-state index in [1.807, 2.05) is 0 Å². The second kappa shape index (κ2) is 10.1. The number of methoxy groups -OCH3 is 1. The van der Waals surface area contributed by atoms with Gasteiger partial charge in [-0.05, 0) is 60.7 Å². The number of anilines is 1. The lowest BCUT2D eigenvalue weighted by atomic mass is 10.2. The van der Waals surface area contributed by atoms with Gasteiger partial charge in [-0.1, -0.05) is 46.6 Å². The maximum atomic E-state index is 13.3. The lowest BCUT2D eigenvalue weighted by Gasteiger charge is -2.14. The smallest absolute Gasteiger partial charge is 0.266 e. The molecule has 0 unspecified atom stereocenters. The molecule has 10 heteroatoms. The van der Waals surface area contributed by atoms with Gasteiger partial charge in [0.1, 0.15) is 5.75 Å². The van der Waals surface area contributed by atoms with E-state index in [1.54, 1.807) is 60.7 Å². The summed E-state index contributed by atoms with van der Waals surface area (Å²) in [7, 11) is 1.51. The Kier molecular flexibility index (Phi) is 7.14. The largest absolute Gasteiger partial charge is 0.495 e. The van der Waals surface area contributed by atoms with Crippen LogP contribution in [0, 0.1) is 0 Å². The third kappa shape index (κ3) is 5.28. The van der Waals surface area contributed by atoms with Crippen molar-refractivity contribution in [2.75, 3.05) is 18.2 Å². The van der Waals surface area contributed by atoms with Crippen LogP contribution in [0.5, 0.6) is 5.75 Å². The molecule has 1 N–H and O–H groups in total. The molecule has 0 aliphatic carbocycles. The molecule has 6 nitrogen and oxygen atoms in total. The van der Waals surface area contributed by atoms with E-state index in [1.165, 1.54) is 11.7 Å². The van der Waals surface area contributed by atoms with Crippen molar-refractivity contribution in [2.24, 2.45) is 0 Å². The van der Waals surface area contributed by atoms with Gasteiger partial charge in [0, 0.05) is 15.7 Å². The molecule has 0 aliphatic rings. The molecule has 0 aliphatic heterocycles. The highest BCUT2D eigenvalue weighted by atomic mass is 35.5. The highest BCUT2D eigenvalue weighted by molar-refractivity contribution is 7.99. The van der Waals surface area contributed by atoms with Crippen LogP contribution in [0.25, 0.3) is 16.6 Å². The highest BCUT2D eigenvalue weighted by Gasteiger charge is 2.16. The fourth-order valence-electron chi connectivity index (χ4n) is 3.12. The topological polar surface area (TPSA) is 73.2 Å². The number of nitrogens with zero attached hydrogens (tertiary/aromatic N) is 2. The van der Waals surface area contributed by atoms with Gasteiger partial charge in [-0.15, -0.1) is 0 Å². The average Bonchev–Trinajstić information content (AvgIpc) is 2.78. The molecule has 33 heavy (non-hydrogen) atoms. The van der Waals surface area contributed by atoms with E-state index in [0.717, 1.165) is 11.8 Å². The van der Waals surface area contributed by atoms with Crippen LogP contribution < -0.4 is 15.6 Å². The summed E-state index contributed by atoms with van der Waals surface area (Å²) in [5, 5.41) is 4.92. The van der Waals surface area contributed by atoms with Crippen LogP contribution in [0.2, 0.25) is 15.1 Å². The van der Waals surface area contributed by atoms with E-state index in [-0.39, 0.29) is 17.2 Å². The van der Waals surface area contributed by atoms with Crippen LogP contribution in [-0.4, -0.2) is 28.3 Å². The van der Waals surface area contributed by atoms with Gasteiger partial charge >= 0.3 is 0 Å². The zero-order chi connectivity index (χ0) is 23.5. The number of amides is 1. The minimum atomic E-state index is -0.288. The van der Waals surface area contributed by atoms with Gasteiger partial charge in [-0.2, -0.15) is 0 Å². The van der Waals surface area contributed by atoms with E-state index >= 15 is 0 Å². The fraction of sp³-hybridized carbons (Fsp3) is 0.0870. The fourth-order valence-corrected chi connectivity index (χ4v) is 4.49. The molecule has 1 heterocycles. The van der Waals surface area contributed by atoms with Gasteiger partial charge in [0.05, 0.1) is 34.5 Å². The van der Waals surface area contributed by atoms with Crippen molar-refractivity contribution >= 4 is 69.1 Å². The molecule has 3 aromatic carbocycles. The molecule has 168 valence electrons. The molecular weight excluding hydrogens is 505 g/mol. The van der Waals surface area contributed by atoms with Gasteiger partial charge in [-0.3, -0.25) is 14.2 Å². The second-order valence-corrected chi connectivity index (χ2v) is 9.08. The zero-order valence-corrected chi connectivity index (χ0v) is 20.2. The van der Waals surface area contributed by atoms with Gasteiger partial charge < -0.3 is 10.1 Å². The maximum Gasteiger partial charge on any atom is 0.266 e. The van der Waals surface area contributed by atoms with Crippen molar-refractivity contribution in [1.82, 2.24) is 9.55 Å². The highest BCUT2D eigenvalue weighted by Crippen LogP contribution is 2.28. The monoisotopic (exact) mass is 519 g/mol. The van der Waals surface area contributed by atoms with Crippen molar-refractivity contribution in [3.8, 4) is 11.4 Å². The first kappa shape index (κ1) is 23.4. The number of ether oxygens (including phenoxy) is 1. The molecule has 0 saturated carbocycles. The number of fused-ring (bicyclic) bond motifs is 1. The lowest BCUT2D eigenvalue weighted by molar-refractivity contribution is -0.113. The number of hydrogen-bond acceptors (Lipinski definition) is 5. The van der Waals surface area contributed by atoms with E-state index in [9.17, 15) is 9.59 Å². The normalized spacial score (nSPS) is 10.9. The van der Waals surface area contributed by atoms with Crippen LogP contribution >= 0.6 is 46.6 Å². The Bertz CT molecular complexity index is 1410. The molecule has 4 rings (SSSR count). The summed E-state index contributed by atoms with van der Waals surface area (Å²) in [4.78, 5) is 30.5. The molecule has 4 aromatic rings. The molecule has 0 bridgehead atoms.